The van der Waals surface area contributed by atoms with Crippen molar-refractivity contribution in [2.24, 2.45) is 0 Å². The van der Waals surface area contributed by atoms with E-state index >= 15 is 0 Å². The van der Waals surface area contributed by atoms with Crippen molar-refractivity contribution in [3.05, 3.63) is 95.4 Å². The van der Waals surface area contributed by atoms with Crippen molar-refractivity contribution in [3.8, 4) is 5.75 Å². The highest BCUT2D eigenvalue weighted by Crippen LogP contribution is 2.36. The summed E-state index contributed by atoms with van der Waals surface area (Å²) in [7, 11) is 1.44. The Kier molecular flexibility index (Phi) is 5.21. The van der Waals surface area contributed by atoms with Crippen LogP contribution in [0.25, 0.3) is 5.57 Å². The number of para-hydroxylation sites is 2. The number of halogens is 3. The lowest BCUT2D eigenvalue weighted by molar-refractivity contribution is -0.120. The lowest BCUT2D eigenvalue weighted by atomic mass is 10.0. The number of methoxy groups -OCH3 is 1. The molecule has 3 aromatic carbocycles. The molecular formula is C23H15F3N2O3. The number of anilines is 2. The second kappa shape index (κ2) is 7.98. The molecule has 3 aromatic rings. The SMILES string of the molecule is COc1ccccc1NC1=C(c2ccc(F)cc2)C(=O)N(c2cc(F)ccc2F)C1=O. The van der Waals surface area contributed by atoms with Gasteiger partial charge in [-0.15, -0.1) is 0 Å². The molecule has 1 heterocycles. The smallest absolute Gasteiger partial charge is 0.282 e. The molecule has 0 spiro atoms. The van der Waals surface area contributed by atoms with Crippen LogP contribution in [0.4, 0.5) is 24.5 Å². The molecule has 1 aliphatic heterocycles. The van der Waals surface area contributed by atoms with Crippen LogP contribution in [0.15, 0.2) is 72.4 Å². The maximum absolute atomic E-state index is 14.4. The summed E-state index contributed by atoms with van der Waals surface area (Å²) in [6.45, 7) is 0. The van der Waals surface area contributed by atoms with E-state index in [0.717, 1.165) is 30.3 Å². The minimum atomic E-state index is -0.944. The van der Waals surface area contributed by atoms with Crippen molar-refractivity contribution >= 4 is 28.8 Å². The minimum Gasteiger partial charge on any atom is -0.495 e. The molecule has 2 amide bonds. The van der Waals surface area contributed by atoms with E-state index in [1.165, 1.54) is 19.2 Å². The van der Waals surface area contributed by atoms with Crippen LogP contribution in [0.2, 0.25) is 0 Å². The summed E-state index contributed by atoms with van der Waals surface area (Å²) >= 11 is 0. The van der Waals surface area contributed by atoms with Crippen molar-refractivity contribution in [1.82, 2.24) is 0 Å². The number of hydrogen-bond acceptors (Lipinski definition) is 4. The van der Waals surface area contributed by atoms with Crippen molar-refractivity contribution in [1.29, 1.82) is 0 Å². The number of carbonyl (C=O) groups excluding carboxylic acids is 2. The number of nitrogens with one attached hydrogen (secondary N) is 1. The molecule has 156 valence electrons. The fraction of sp³-hybridized carbons (Fsp3) is 0.0435. The Morgan fingerprint density at radius 2 is 1.52 bits per heavy atom. The van der Waals surface area contributed by atoms with Crippen LogP contribution in [0.5, 0.6) is 5.75 Å². The predicted octanol–water partition coefficient (Wildman–Crippen LogP) is 4.51. The molecule has 0 aliphatic carbocycles. The van der Waals surface area contributed by atoms with E-state index in [1.807, 2.05) is 0 Å². The number of amides is 2. The van der Waals surface area contributed by atoms with E-state index in [1.54, 1.807) is 24.3 Å². The number of imide groups is 1. The monoisotopic (exact) mass is 424 g/mol. The van der Waals surface area contributed by atoms with Gasteiger partial charge in [-0.2, -0.15) is 0 Å². The zero-order valence-corrected chi connectivity index (χ0v) is 16.2. The third-order valence-electron chi connectivity index (χ3n) is 4.73. The first-order chi connectivity index (χ1) is 14.9. The first kappa shape index (κ1) is 20.2. The molecule has 1 N–H and O–H groups in total. The zero-order valence-electron chi connectivity index (χ0n) is 16.2. The van der Waals surface area contributed by atoms with Crippen LogP contribution in [-0.2, 0) is 9.59 Å². The first-order valence-corrected chi connectivity index (χ1v) is 9.15. The Hall–Kier alpha value is -4.07. The van der Waals surface area contributed by atoms with Crippen LogP contribution in [0, 0.1) is 17.5 Å². The van der Waals surface area contributed by atoms with Gasteiger partial charge in [0, 0.05) is 6.07 Å². The van der Waals surface area contributed by atoms with Gasteiger partial charge in [0.25, 0.3) is 11.8 Å². The summed E-state index contributed by atoms with van der Waals surface area (Å²) in [5.74, 6) is -3.66. The third-order valence-corrected chi connectivity index (χ3v) is 4.73. The van der Waals surface area contributed by atoms with E-state index in [-0.39, 0.29) is 16.8 Å². The number of nitrogens with zero attached hydrogens (tertiary/aromatic N) is 1. The fourth-order valence-electron chi connectivity index (χ4n) is 3.29. The molecule has 1 aliphatic rings. The van der Waals surface area contributed by atoms with Gasteiger partial charge < -0.3 is 10.1 Å². The second-order valence-electron chi connectivity index (χ2n) is 6.62. The quantitative estimate of drug-likeness (QED) is 0.613. The maximum atomic E-state index is 14.4. The average Bonchev–Trinajstić information content (AvgIpc) is 3.00. The van der Waals surface area contributed by atoms with Gasteiger partial charge in [-0.1, -0.05) is 24.3 Å². The predicted molar refractivity (Wildman–Crippen MR) is 109 cm³/mol. The van der Waals surface area contributed by atoms with E-state index < -0.39 is 35.0 Å². The van der Waals surface area contributed by atoms with Gasteiger partial charge in [0.2, 0.25) is 0 Å². The van der Waals surface area contributed by atoms with Crippen molar-refractivity contribution in [2.75, 3.05) is 17.3 Å². The average molecular weight is 424 g/mol. The number of rotatable bonds is 5. The summed E-state index contributed by atoms with van der Waals surface area (Å²) in [5, 5.41) is 2.87. The molecule has 0 aromatic heterocycles. The Morgan fingerprint density at radius 3 is 2.23 bits per heavy atom. The van der Waals surface area contributed by atoms with Crippen LogP contribution < -0.4 is 15.0 Å². The molecule has 0 saturated carbocycles. The van der Waals surface area contributed by atoms with Crippen LogP contribution >= 0.6 is 0 Å². The van der Waals surface area contributed by atoms with Crippen molar-refractivity contribution in [2.45, 2.75) is 0 Å². The molecule has 4 rings (SSSR count). The molecular weight excluding hydrogens is 409 g/mol. The van der Waals surface area contributed by atoms with Gasteiger partial charge in [-0.25, -0.2) is 18.1 Å². The molecule has 0 atom stereocenters. The van der Waals surface area contributed by atoms with Crippen molar-refractivity contribution in [3.63, 3.8) is 0 Å². The summed E-state index contributed by atoms with van der Waals surface area (Å²) < 4.78 is 46.9. The number of carbonyl (C=O) groups is 2. The molecule has 8 heteroatoms. The standard InChI is InChI=1S/C23H15F3N2O3/c1-31-19-5-3-2-4-17(19)27-21-20(13-6-8-14(24)9-7-13)22(29)28(23(21)30)18-12-15(25)10-11-16(18)26/h2-12,27H,1H3. The van der Waals surface area contributed by atoms with Gasteiger partial charge in [0.1, 0.15) is 28.9 Å². The molecule has 0 bridgehead atoms. The lowest BCUT2D eigenvalue weighted by Gasteiger charge is -2.16. The summed E-state index contributed by atoms with van der Waals surface area (Å²) in [4.78, 5) is 27.0. The van der Waals surface area contributed by atoms with Crippen LogP contribution in [0.1, 0.15) is 5.56 Å². The van der Waals surface area contributed by atoms with Crippen LogP contribution in [0.3, 0.4) is 0 Å². The molecule has 0 radical (unpaired) electrons. The molecule has 0 unspecified atom stereocenters. The zero-order chi connectivity index (χ0) is 22.1. The Bertz CT molecular complexity index is 1220. The molecule has 0 saturated heterocycles. The van der Waals surface area contributed by atoms with Gasteiger partial charge in [-0.05, 0) is 42.0 Å². The topological polar surface area (TPSA) is 58.6 Å². The highest BCUT2D eigenvalue weighted by atomic mass is 19.1. The fourth-order valence-corrected chi connectivity index (χ4v) is 3.29. The number of benzene rings is 3. The summed E-state index contributed by atoms with van der Waals surface area (Å²) in [6, 6.07) is 14.1. The largest absolute Gasteiger partial charge is 0.495 e. The minimum absolute atomic E-state index is 0.112. The Labute approximate surface area is 175 Å². The third kappa shape index (κ3) is 3.63. The van der Waals surface area contributed by atoms with Gasteiger partial charge in [0.15, 0.2) is 0 Å². The Balaban J connectivity index is 1.87. The Morgan fingerprint density at radius 1 is 0.839 bits per heavy atom. The second-order valence-corrected chi connectivity index (χ2v) is 6.62. The van der Waals surface area contributed by atoms with Gasteiger partial charge >= 0.3 is 0 Å². The van der Waals surface area contributed by atoms with E-state index in [4.69, 9.17) is 4.74 Å². The van der Waals surface area contributed by atoms with E-state index in [0.29, 0.717) is 16.3 Å². The molecule has 0 fully saturated rings. The van der Waals surface area contributed by atoms with E-state index in [2.05, 4.69) is 5.32 Å². The van der Waals surface area contributed by atoms with E-state index in [9.17, 15) is 22.8 Å². The normalized spacial score (nSPS) is 13.7. The highest BCUT2D eigenvalue weighted by molar-refractivity contribution is 6.46. The summed E-state index contributed by atoms with van der Waals surface area (Å²) in [5.41, 5.74) is -0.199. The van der Waals surface area contributed by atoms with Gasteiger partial charge in [0.05, 0.1) is 24.1 Å². The molecule has 31 heavy (non-hydrogen) atoms. The van der Waals surface area contributed by atoms with Crippen molar-refractivity contribution < 1.29 is 27.5 Å². The van der Waals surface area contributed by atoms with Gasteiger partial charge in [-0.3, -0.25) is 9.59 Å². The first-order valence-electron chi connectivity index (χ1n) is 9.15. The molecule has 5 nitrogen and oxygen atoms in total. The summed E-state index contributed by atoms with van der Waals surface area (Å²) in [6.07, 6.45) is 0. The number of hydrogen-bond donors (Lipinski definition) is 1. The maximum Gasteiger partial charge on any atom is 0.282 e. The number of ether oxygens (including phenoxy) is 1. The van der Waals surface area contributed by atoms with Crippen LogP contribution in [-0.4, -0.2) is 18.9 Å². The lowest BCUT2D eigenvalue weighted by Crippen LogP contribution is -2.33. The highest BCUT2D eigenvalue weighted by Gasteiger charge is 2.41.